The van der Waals surface area contributed by atoms with Gasteiger partial charge in [0.1, 0.15) is 6.04 Å². The highest BCUT2D eigenvalue weighted by Crippen LogP contribution is 2.12. The van der Waals surface area contributed by atoms with E-state index in [1.54, 1.807) is 17.1 Å². The molecule has 0 unspecified atom stereocenters. The van der Waals surface area contributed by atoms with Gasteiger partial charge in [-0.05, 0) is 22.9 Å². The maximum Gasteiger partial charge on any atom is 0.252 e. The molecule has 0 aromatic carbocycles. The third kappa shape index (κ3) is 2.50. The van der Waals surface area contributed by atoms with Gasteiger partial charge in [0.05, 0.1) is 4.47 Å². The fraction of sp³-hybridized carbons (Fsp3) is 0.400. The summed E-state index contributed by atoms with van der Waals surface area (Å²) in [6.07, 6.45) is 4.16. The van der Waals surface area contributed by atoms with Gasteiger partial charge in [0.2, 0.25) is 0 Å². The van der Waals surface area contributed by atoms with Gasteiger partial charge in [-0.25, -0.2) is 15.0 Å². The summed E-state index contributed by atoms with van der Waals surface area (Å²) in [7, 11) is 0. The van der Waals surface area contributed by atoms with Crippen LogP contribution in [0.25, 0.3) is 5.95 Å². The number of hydrogen-bond donors (Lipinski definition) is 1. The van der Waals surface area contributed by atoms with Crippen LogP contribution in [0, 0.1) is 0 Å². The molecule has 17 heavy (non-hydrogen) atoms. The van der Waals surface area contributed by atoms with Crippen LogP contribution in [0.1, 0.15) is 31.5 Å². The number of aryl methyl sites for hydroxylation is 1. The minimum absolute atomic E-state index is 0.0371. The summed E-state index contributed by atoms with van der Waals surface area (Å²) in [6.45, 7) is 3.98. The van der Waals surface area contributed by atoms with Crippen molar-refractivity contribution in [2.75, 3.05) is 0 Å². The van der Waals surface area contributed by atoms with Gasteiger partial charge in [-0.15, -0.1) is 5.10 Å². The molecule has 0 spiro atoms. The van der Waals surface area contributed by atoms with E-state index >= 15 is 0 Å². The second-order valence-electron chi connectivity index (χ2n) is 3.75. The Kier molecular flexibility index (Phi) is 3.49. The molecular weight excluding hydrogens is 284 g/mol. The van der Waals surface area contributed by atoms with Gasteiger partial charge in [0.15, 0.2) is 11.6 Å². The Bertz CT molecular complexity index is 504. The molecule has 2 aromatic heterocycles. The van der Waals surface area contributed by atoms with E-state index in [0.29, 0.717) is 5.95 Å². The molecule has 0 aliphatic carbocycles. The van der Waals surface area contributed by atoms with Crippen LogP contribution in [-0.4, -0.2) is 24.7 Å². The molecule has 0 aliphatic heterocycles. The van der Waals surface area contributed by atoms with Gasteiger partial charge in [0.25, 0.3) is 5.95 Å². The predicted octanol–water partition coefficient (Wildman–Crippen LogP) is 0.685. The first-order valence-corrected chi connectivity index (χ1v) is 6.18. The zero-order valence-electron chi connectivity index (χ0n) is 9.76. The molecule has 3 N–H and O–H groups in total. The fourth-order valence-corrected chi connectivity index (χ4v) is 1.60. The van der Waals surface area contributed by atoms with Crippen molar-refractivity contribution in [2.24, 2.45) is 0 Å². The molecule has 6 nitrogen and oxygen atoms in total. The molecule has 7 heteroatoms. The normalized spacial score (nSPS) is 12.7. The molecule has 0 fully saturated rings. The van der Waals surface area contributed by atoms with Crippen molar-refractivity contribution in [3.63, 3.8) is 0 Å². The highest BCUT2D eigenvalue weighted by atomic mass is 79.9. The van der Waals surface area contributed by atoms with Crippen molar-refractivity contribution in [1.82, 2.24) is 24.7 Å². The first kappa shape index (κ1) is 12.1. The van der Waals surface area contributed by atoms with E-state index in [9.17, 15) is 0 Å². The Morgan fingerprint density at radius 2 is 2.06 bits per heavy atom. The Balaban J connectivity index is 2.49. The summed E-state index contributed by atoms with van der Waals surface area (Å²) in [5.41, 5.74) is 3.97. The lowest BCUT2D eigenvalue weighted by Crippen LogP contribution is -2.52. The first-order chi connectivity index (χ1) is 8.11. The summed E-state index contributed by atoms with van der Waals surface area (Å²) in [5, 5.41) is 4.38. The molecule has 90 valence electrons. The summed E-state index contributed by atoms with van der Waals surface area (Å²) in [6, 6.07) is 0.0371. The van der Waals surface area contributed by atoms with Gasteiger partial charge in [-0.1, -0.05) is 6.92 Å². The van der Waals surface area contributed by atoms with Crippen molar-refractivity contribution in [3.05, 3.63) is 28.5 Å². The molecule has 0 saturated carbocycles. The Labute approximate surface area is 107 Å². The lowest BCUT2D eigenvalue weighted by molar-refractivity contribution is -0.422. The van der Waals surface area contributed by atoms with Crippen molar-refractivity contribution in [1.29, 1.82) is 0 Å². The fourth-order valence-electron chi connectivity index (χ4n) is 1.40. The lowest BCUT2D eigenvalue weighted by Gasteiger charge is -2.03. The quantitative estimate of drug-likeness (QED) is 0.903. The molecule has 0 radical (unpaired) electrons. The summed E-state index contributed by atoms with van der Waals surface area (Å²) in [5.74, 6) is 2.08. The molecule has 2 heterocycles. The third-order valence-corrected chi connectivity index (χ3v) is 2.64. The van der Waals surface area contributed by atoms with E-state index in [1.165, 1.54) is 0 Å². The zero-order valence-corrected chi connectivity index (χ0v) is 11.3. The Hall–Kier alpha value is -1.34. The Morgan fingerprint density at radius 1 is 1.41 bits per heavy atom. The molecule has 2 aromatic rings. The first-order valence-electron chi connectivity index (χ1n) is 5.38. The molecule has 0 bridgehead atoms. The average Bonchev–Trinajstić information content (AvgIpc) is 2.74. The van der Waals surface area contributed by atoms with Crippen molar-refractivity contribution in [3.8, 4) is 5.95 Å². The van der Waals surface area contributed by atoms with Gasteiger partial charge in [-0.2, -0.15) is 4.68 Å². The number of nitrogens with zero attached hydrogens (tertiary/aromatic N) is 5. The third-order valence-electron chi connectivity index (χ3n) is 2.23. The molecular formula is C10H14BrN6+. The second-order valence-corrected chi connectivity index (χ2v) is 4.67. The topological polar surface area (TPSA) is 84.1 Å². The molecule has 0 saturated heterocycles. The average molecular weight is 298 g/mol. The van der Waals surface area contributed by atoms with Crippen LogP contribution in [-0.2, 0) is 6.42 Å². The monoisotopic (exact) mass is 297 g/mol. The minimum Gasteiger partial charge on any atom is -0.349 e. The highest BCUT2D eigenvalue weighted by molar-refractivity contribution is 9.10. The number of quaternary nitrogens is 1. The standard InChI is InChI=1S/C10H13BrN6/c1-3-8-15-9(6(2)12)17(16-8)10-13-4-7(11)5-14-10/h4-6H,3,12H2,1-2H3/p+1/t6-/m0/s1. The van der Waals surface area contributed by atoms with Crippen molar-refractivity contribution >= 4 is 15.9 Å². The van der Waals surface area contributed by atoms with E-state index in [4.69, 9.17) is 0 Å². The number of rotatable bonds is 3. The van der Waals surface area contributed by atoms with Crippen LogP contribution >= 0.6 is 15.9 Å². The van der Waals surface area contributed by atoms with E-state index in [0.717, 1.165) is 22.5 Å². The largest absolute Gasteiger partial charge is 0.349 e. The minimum atomic E-state index is 0.0371. The number of halogens is 1. The summed E-state index contributed by atoms with van der Waals surface area (Å²) >= 11 is 3.30. The molecule has 2 rings (SSSR count). The van der Waals surface area contributed by atoms with Crippen molar-refractivity contribution < 1.29 is 5.73 Å². The van der Waals surface area contributed by atoms with E-state index < -0.39 is 0 Å². The maximum absolute atomic E-state index is 4.42. The van der Waals surface area contributed by atoms with Crippen LogP contribution in [0.3, 0.4) is 0 Å². The second kappa shape index (κ2) is 4.89. The molecule has 0 aliphatic rings. The van der Waals surface area contributed by atoms with Crippen LogP contribution in [0.2, 0.25) is 0 Å². The van der Waals surface area contributed by atoms with Gasteiger partial charge in [-0.3, -0.25) is 0 Å². The van der Waals surface area contributed by atoms with Crippen LogP contribution in [0.4, 0.5) is 0 Å². The zero-order chi connectivity index (χ0) is 12.4. The lowest BCUT2D eigenvalue weighted by atomic mass is 10.3. The van der Waals surface area contributed by atoms with Crippen LogP contribution in [0.15, 0.2) is 16.9 Å². The van der Waals surface area contributed by atoms with Crippen molar-refractivity contribution in [2.45, 2.75) is 26.3 Å². The van der Waals surface area contributed by atoms with E-state index in [-0.39, 0.29) is 6.04 Å². The molecule has 1 atom stereocenters. The Morgan fingerprint density at radius 3 is 2.59 bits per heavy atom. The van der Waals surface area contributed by atoms with Gasteiger partial charge < -0.3 is 5.73 Å². The summed E-state index contributed by atoms with van der Waals surface area (Å²) in [4.78, 5) is 12.9. The molecule has 0 amide bonds. The van der Waals surface area contributed by atoms with Gasteiger partial charge in [0, 0.05) is 18.8 Å². The number of hydrogen-bond acceptors (Lipinski definition) is 4. The van der Waals surface area contributed by atoms with Crippen LogP contribution in [0.5, 0.6) is 0 Å². The maximum atomic E-state index is 4.42. The van der Waals surface area contributed by atoms with E-state index in [2.05, 4.69) is 41.7 Å². The smallest absolute Gasteiger partial charge is 0.252 e. The highest BCUT2D eigenvalue weighted by Gasteiger charge is 2.17. The van der Waals surface area contributed by atoms with Gasteiger partial charge >= 0.3 is 0 Å². The van der Waals surface area contributed by atoms with E-state index in [1.807, 2.05) is 13.8 Å². The summed E-state index contributed by atoms with van der Waals surface area (Å²) < 4.78 is 2.49. The number of aromatic nitrogens is 5. The SMILES string of the molecule is CCc1nc([C@H](C)[NH3+])n(-c2ncc(Br)cn2)n1. The predicted molar refractivity (Wildman–Crippen MR) is 65.3 cm³/mol. The van der Waals surface area contributed by atoms with Crippen LogP contribution < -0.4 is 5.73 Å².